The molecule has 0 spiro atoms. The third-order valence-corrected chi connectivity index (χ3v) is 4.94. The predicted molar refractivity (Wildman–Crippen MR) is 55.8 cm³/mol. The number of fused-ring (bicyclic) bond motifs is 2. The van der Waals surface area contributed by atoms with Gasteiger partial charge in [-0.1, -0.05) is 18.1 Å². The summed E-state index contributed by atoms with van der Waals surface area (Å²) in [6, 6.07) is 0. The van der Waals surface area contributed by atoms with E-state index in [4.69, 9.17) is 0 Å². The van der Waals surface area contributed by atoms with Crippen molar-refractivity contribution < 1.29 is 13.2 Å². The first-order valence-electron chi connectivity index (χ1n) is 6.31. The van der Waals surface area contributed by atoms with Gasteiger partial charge >= 0.3 is 6.18 Å². The predicted octanol–water partition coefficient (Wildman–Crippen LogP) is 4.32. The molecule has 0 radical (unpaired) electrons. The summed E-state index contributed by atoms with van der Waals surface area (Å²) in [5, 5.41) is 0. The molecule has 0 aliphatic heterocycles. The maximum Gasteiger partial charge on any atom is 0.392 e. The largest absolute Gasteiger partial charge is 0.392 e. The van der Waals surface area contributed by atoms with E-state index in [2.05, 4.69) is 6.92 Å². The van der Waals surface area contributed by atoms with Crippen LogP contribution in [0.25, 0.3) is 0 Å². The normalized spacial score (nSPS) is 42.0. The van der Waals surface area contributed by atoms with Crippen LogP contribution in [0.5, 0.6) is 0 Å². The van der Waals surface area contributed by atoms with Crippen molar-refractivity contribution in [3.8, 4) is 0 Å². The third kappa shape index (κ3) is 1.43. The number of rotatable bonds is 1. The molecule has 0 aromatic heterocycles. The minimum atomic E-state index is -3.96. The second kappa shape index (κ2) is 3.27. The Bertz CT molecular complexity index is 340. The van der Waals surface area contributed by atoms with Crippen LogP contribution in [0.2, 0.25) is 0 Å². The fraction of sp³-hybridized carbons (Fsp3) is 0.846. The Hall–Kier alpha value is -0.470. The molecule has 0 bridgehead atoms. The second-order valence-corrected chi connectivity index (χ2v) is 5.55. The quantitative estimate of drug-likeness (QED) is 0.588. The number of hydrogen-bond donors (Lipinski definition) is 0. The maximum absolute atomic E-state index is 12.8. The lowest BCUT2D eigenvalue weighted by Gasteiger charge is -2.29. The van der Waals surface area contributed by atoms with Gasteiger partial charge in [0, 0.05) is 5.92 Å². The average Bonchev–Trinajstić information content (AvgIpc) is 2.69. The lowest BCUT2D eigenvalue weighted by atomic mass is 9.77. The lowest BCUT2D eigenvalue weighted by molar-refractivity contribution is -0.185. The smallest absolute Gasteiger partial charge is 0.171 e. The standard InChI is InChI=1S/C13H17F3/c1-2-8-10-5-7-3-4-12(13(14,15)16)9(7)6-11(8)10/h7,9-10,12H,2-6H2,1H3. The minimum Gasteiger partial charge on any atom is -0.171 e. The Kier molecular flexibility index (Phi) is 2.18. The van der Waals surface area contributed by atoms with Crippen LogP contribution in [-0.4, -0.2) is 6.18 Å². The second-order valence-electron chi connectivity index (χ2n) is 5.55. The van der Waals surface area contributed by atoms with E-state index < -0.39 is 12.1 Å². The van der Waals surface area contributed by atoms with Crippen LogP contribution in [0, 0.1) is 23.7 Å². The molecule has 2 saturated carbocycles. The van der Waals surface area contributed by atoms with Crippen LogP contribution in [0.15, 0.2) is 11.1 Å². The summed E-state index contributed by atoms with van der Waals surface area (Å²) in [4.78, 5) is 0. The molecule has 3 heteroatoms. The van der Waals surface area contributed by atoms with E-state index in [0.717, 1.165) is 25.7 Å². The fourth-order valence-corrected chi connectivity index (χ4v) is 4.12. The van der Waals surface area contributed by atoms with Gasteiger partial charge in [-0.2, -0.15) is 13.2 Å². The van der Waals surface area contributed by atoms with Gasteiger partial charge in [0.1, 0.15) is 0 Å². The molecule has 90 valence electrons. The molecule has 0 heterocycles. The van der Waals surface area contributed by atoms with Gasteiger partial charge < -0.3 is 0 Å². The Morgan fingerprint density at radius 1 is 1.25 bits per heavy atom. The minimum absolute atomic E-state index is 0.0877. The number of halogens is 3. The molecule has 16 heavy (non-hydrogen) atoms. The van der Waals surface area contributed by atoms with E-state index in [-0.39, 0.29) is 5.92 Å². The van der Waals surface area contributed by atoms with Crippen LogP contribution in [0.1, 0.15) is 39.0 Å². The highest BCUT2D eigenvalue weighted by Crippen LogP contribution is 2.61. The highest BCUT2D eigenvalue weighted by atomic mass is 19.4. The molecule has 0 aromatic rings. The SMILES string of the molecule is CCC1=C2CC3C(CCC3C(F)(F)F)CC12. The Balaban J connectivity index is 1.78. The van der Waals surface area contributed by atoms with Crippen molar-refractivity contribution >= 4 is 0 Å². The van der Waals surface area contributed by atoms with Crippen molar-refractivity contribution in [1.29, 1.82) is 0 Å². The molecule has 4 unspecified atom stereocenters. The highest BCUT2D eigenvalue weighted by Gasteiger charge is 2.55. The first-order chi connectivity index (χ1) is 7.52. The van der Waals surface area contributed by atoms with E-state index in [1.807, 2.05) is 0 Å². The number of alkyl halides is 3. The van der Waals surface area contributed by atoms with Crippen LogP contribution in [0.4, 0.5) is 13.2 Å². The summed E-state index contributed by atoms with van der Waals surface area (Å²) in [6.45, 7) is 2.12. The number of hydrogen-bond acceptors (Lipinski definition) is 0. The van der Waals surface area contributed by atoms with E-state index in [0.29, 0.717) is 18.3 Å². The number of allylic oxidation sites excluding steroid dienone is 2. The molecule has 3 rings (SSSR count). The zero-order chi connectivity index (χ0) is 11.5. The van der Waals surface area contributed by atoms with Gasteiger partial charge in [0.15, 0.2) is 0 Å². The molecule has 0 N–H and O–H groups in total. The Morgan fingerprint density at radius 3 is 2.62 bits per heavy atom. The molecule has 0 nitrogen and oxygen atoms in total. The third-order valence-electron chi connectivity index (χ3n) is 4.94. The molecule has 0 aromatic carbocycles. The first kappa shape index (κ1) is 10.7. The molecule has 0 saturated heterocycles. The van der Waals surface area contributed by atoms with Crippen molar-refractivity contribution in [3.63, 3.8) is 0 Å². The summed E-state index contributed by atoms with van der Waals surface area (Å²) in [5.41, 5.74) is 2.87. The summed E-state index contributed by atoms with van der Waals surface area (Å²) < 4.78 is 38.5. The zero-order valence-corrected chi connectivity index (χ0v) is 9.48. The van der Waals surface area contributed by atoms with Gasteiger partial charge in [0.2, 0.25) is 0 Å². The van der Waals surface area contributed by atoms with Crippen molar-refractivity contribution in [2.75, 3.05) is 0 Å². The van der Waals surface area contributed by atoms with E-state index in [1.165, 1.54) is 11.1 Å². The van der Waals surface area contributed by atoms with Crippen molar-refractivity contribution in [1.82, 2.24) is 0 Å². The van der Waals surface area contributed by atoms with Crippen molar-refractivity contribution in [3.05, 3.63) is 11.1 Å². The summed E-state index contributed by atoms with van der Waals surface area (Å²) in [7, 11) is 0. The topological polar surface area (TPSA) is 0 Å². The summed E-state index contributed by atoms with van der Waals surface area (Å²) in [5.74, 6) is -0.123. The van der Waals surface area contributed by atoms with Gasteiger partial charge in [-0.25, -0.2) is 0 Å². The van der Waals surface area contributed by atoms with Gasteiger partial charge in [-0.05, 0) is 43.9 Å². The van der Waals surface area contributed by atoms with Crippen molar-refractivity contribution in [2.45, 2.75) is 45.2 Å². The first-order valence-corrected chi connectivity index (χ1v) is 6.31. The monoisotopic (exact) mass is 230 g/mol. The molecule has 0 amide bonds. The van der Waals surface area contributed by atoms with E-state index >= 15 is 0 Å². The zero-order valence-electron chi connectivity index (χ0n) is 9.48. The van der Waals surface area contributed by atoms with Gasteiger partial charge in [-0.15, -0.1) is 0 Å². The maximum atomic E-state index is 12.8. The van der Waals surface area contributed by atoms with Crippen LogP contribution in [0.3, 0.4) is 0 Å². The van der Waals surface area contributed by atoms with Crippen molar-refractivity contribution in [2.24, 2.45) is 23.7 Å². The summed E-state index contributed by atoms with van der Waals surface area (Å²) in [6.07, 6.45) is 0.0402. The van der Waals surface area contributed by atoms with Crippen LogP contribution >= 0.6 is 0 Å². The van der Waals surface area contributed by atoms with Gasteiger partial charge in [0.25, 0.3) is 0 Å². The van der Waals surface area contributed by atoms with E-state index in [9.17, 15) is 13.2 Å². The van der Waals surface area contributed by atoms with E-state index in [1.54, 1.807) is 0 Å². The summed E-state index contributed by atoms with van der Waals surface area (Å²) >= 11 is 0. The molecule has 2 fully saturated rings. The highest BCUT2D eigenvalue weighted by molar-refractivity contribution is 5.43. The molecule has 3 aliphatic rings. The molecule has 4 atom stereocenters. The fourth-order valence-electron chi connectivity index (χ4n) is 4.12. The molecular weight excluding hydrogens is 213 g/mol. The van der Waals surface area contributed by atoms with Crippen LogP contribution in [-0.2, 0) is 0 Å². The van der Waals surface area contributed by atoms with Crippen LogP contribution < -0.4 is 0 Å². The Morgan fingerprint density at radius 2 is 2.00 bits per heavy atom. The average molecular weight is 230 g/mol. The Labute approximate surface area is 93.9 Å². The van der Waals surface area contributed by atoms with Gasteiger partial charge in [0.05, 0.1) is 5.92 Å². The molecule has 3 aliphatic carbocycles. The molecular formula is C13H17F3. The van der Waals surface area contributed by atoms with Gasteiger partial charge in [-0.3, -0.25) is 0 Å². The lowest BCUT2D eigenvalue weighted by Crippen LogP contribution is -2.30.